The molecule has 1 atom stereocenters. The van der Waals surface area contributed by atoms with Gasteiger partial charge in [0.25, 0.3) is 0 Å². The number of amides is 1. The van der Waals surface area contributed by atoms with Gasteiger partial charge >= 0.3 is 5.97 Å². The average Bonchev–Trinajstić information content (AvgIpc) is 2.37. The van der Waals surface area contributed by atoms with Gasteiger partial charge in [-0.15, -0.1) is 0 Å². The van der Waals surface area contributed by atoms with Gasteiger partial charge < -0.3 is 15.8 Å². The van der Waals surface area contributed by atoms with Gasteiger partial charge in [0.2, 0.25) is 5.91 Å². The van der Waals surface area contributed by atoms with E-state index in [1.54, 1.807) is 31.2 Å². The van der Waals surface area contributed by atoms with Crippen molar-refractivity contribution in [3.63, 3.8) is 0 Å². The fourth-order valence-electron chi connectivity index (χ4n) is 1.55. The maximum Gasteiger partial charge on any atom is 0.338 e. The number of carbonyl (C=O) groups is 2. The quantitative estimate of drug-likeness (QED) is 0.827. The Kier molecular flexibility index (Phi) is 5.27. The highest BCUT2D eigenvalue weighted by molar-refractivity contribution is 5.97. The normalized spacial score (nSPS) is 12.7. The van der Waals surface area contributed by atoms with Crippen LogP contribution < -0.4 is 11.1 Å². The van der Waals surface area contributed by atoms with Gasteiger partial charge in [-0.05, 0) is 30.5 Å². The van der Waals surface area contributed by atoms with Crippen LogP contribution >= 0.6 is 0 Å². The van der Waals surface area contributed by atoms with E-state index in [4.69, 9.17) is 10.5 Å². The van der Waals surface area contributed by atoms with Gasteiger partial charge in [-0.2, -0.15) is 0 Å². The van der Waals surface area contributed by atoms with Crippen LogP contribution in [0.1, 0.15) is 38.1 Å². The number of ether oxygens (including phenoxy) is 1. The van der Waals surface area contributed by atoms with E-state index in [0.717, 1.165) is 0 Å². The van der Waals surface area contributed by atoms with E-state index in [2.05, 4.69) is 5.32 Å². The number of anilines is 1. The van der Waals surface area contributed by atoms with Gasteiger partial charge in [0.1, 0.15) is 0 Å². The molecule has 0 aliphatic rings. The molecule has 0 bridgehead atoms. The van der Waals surface area contributed by atoms with Crippen molar-refractivity contribution < 1.29 is 14.3 Å². The van der Waals surface area contributed by atoms with Crippen molar-refractivity contribution in [3.05, 3.63) is 29.8 Å². The highest BCUT2D eigenvalue weighted by Gasteiger charge is 2.27. The Morgan fingerprint density at radius 1 is 1.35 bits per heavy atom. The Balaban J connectivity index is 2.81. The van der Waals surface area contributed by atoms with E-state index in [1.807, 2.05) is 20.8 Å². The summed E-state index contributed by atoms with van der Waals surface area (Å²) < 4.78 is 4.91. The monoisotopic (exact) mass is 278 g/mol. The molecule has 0 spiro atoms. The summed E-state index contributed by atoms with van der Waals surface area (Å²) in [5.74, 6) is -0.692. The van der Waals surface area contributed by atoms with Crippen molar-refractivity contribution in [2.75, 3.05) is 11.9 Å². The van der Waals surface area contributed by atoms with Gasteiger partial charge in [0, 0.05) is 5.69 Å². The first-order valence-corrected chi connectivity index (χ1v) is 6.59. The molecule has 0 radical (unpaired) electrons. The maximum atomic E-state index is 12.0. The first kappa shape index (κ1) is 16.2. The smallest absolute Gasteiger partial charge is 0.338 e. The van der Waals surface area contributed by atoms with Crippen molar-refractivity contribution in [1.29, 1.82) is 0 Å². The molecule has 0 saturated carbocycles. The molecule has 5 heteroatoms. The Morgan fingerprint density at radius 3 is 2.55 bits per heavy atom. The van der Waals surface area contributed by atoms with Crippen LogP contribution in [0.4, 0.5) is 5.69 Å². The third kappa shape index (κ3) is 4.35. The molecule has 1 aromatic carbocycles. The predicted molar refractivity (Wildman–Crippen MR) is 78.5 cm³/mol. The van der Waals surface area contributed by atoms with Crippen LogP contribution in [0, 0.1) is 5.41 Å². The fraction of sp³-hybridized carbons (Fsp3) is 0.467. The maximum absolute atomic E-state index is 12.0. The number of esters is 1. The van der Waals surface area contributed by atoms with Gasteiger partial charge in [-0.3, -0.25) is 4.79 Å². The van der Waals surface area contributed by atoms with Crippen molar-refractivity contribution >= 4 is 17.6 Å². The summed E-state index contributed by atoms with van der Waals surface area (Å²) in [6.07, 6.45) is 0. The lowest BCUT2D eigenvalue weighted by Gasteiger charge is -2.25. The van der Waals surface area contributed by atoms with Crippen LogP contribution in [0.3, 0.4) is 0 Å². The lowest BCUT2D eigenvalue weighted by atomic mass is 9.87. The largest absolute Gasteiger partial charge is 0.462 e. The third-order valence-electron chi connectivity index (χ3n) is 2.86. The summed E-state index contributed by atoms with van der Waals surface area (Å²) in [4.78, 5) is 23.6. The zero-order chi connectivity index (χ0) is 15.3. The summed E-state index contributed by atoms with van der Waals surface area (Å²) >= 11 is 0. The topological polar surface area (TPSA) is 81.4 Å². The molecule has 0 aliphatic heterocycles. The van der Waals surface area contributed by atoms with E-state index in [-0.39, 0.29) is 11.3 Å². The molecule has 0 fully saturated rings. The number of rotatable bonds is 4. The molecule has 1 aromatic rings. The summed E-state index contributed by atoms with van der Waals surface area (Å²) in [5, 5.41) is 2.71. The second-order valence-corrected chi connectivity index (χ2v) is 5.63. The minimum absolute atomic E-state index is 0.279. The summed E-state index contributed by atoms with van der Waals surface area (Å²) in [5.41, 5.74) is 6.48. The van der Waals surface area contributed by atoms with Gasteiger partial charge in [-0.25, -0.2) is 4.79 Å². The van der Waals surface area contributed by atoms with E-state index >= 15 is 0 Å². The predicted octanol–water partition coefficient (Wildman–Crippen LogP) is 2.18. The molecular formula is C15H22N2O3. The molecule has 20 heavy (non-hydrogen) atoms. The molecule has 1 amide bonds. The van der Waals surface area contributed by atoms with Gasteiger partial charge in [-0.1, -0.05) is 26.8 Å². The van der Waals surface area contributed by atoms with Gasteiger partial charge in [0.15, 0.2) is 0 Å². The summed E-state index contributed by atoms with van der Waals surface area (Å²) in [7, 11) is 0. The summed E-state index contributed by atoms with van der Waals surface area (Å²) in [6.45, 7) is 7.74. The second kappa shape index (κ2) is 6.52. The summed E-state index contributed by atoms with van der Waals surface area (Å²) in [6, 6.07) is 5.97. The molecule has 0 saturated heterocycles. The lowest BCUT2D eigenvalue weighted by molar-refractivity contribution is -0.119. The molecule has 0 aromatic heterocycles. The Labute approximate surface area is 119 Å². The molecule has 5 nitrogen and oxygen atoms in total. The van der Waals surface area contributed by atoms with Crippen LogP contribution in [0.15, 0.2) is 24.3 Å². The number of hydrogen-bond donors (Lipinski definition) is 2. The molecule has 1 rings (SSSR count). The molecule has 110 valence electrons. The molecule has 3 N–H and O–H groups in total. The van der Waals surface area contributed by atoms with E-state index in [0.29, 0.717) is 17.9 Å². The Bertz CT molecular complexity index is 492. The zero-order valence-corrected chi connectivity index (χ0v) is 12.4. The molecule has 0 heterocycles. The molecule has 0 unspecified atom stereocenters. The van der Waals surface area contributed by atoms with Crippen molar-refractivity contribution in [1.82, 2.24) is 0 Å². The van der Waals surface area contributed by atoms with Crippen molar-refractivity contribution in [2.24, 2.45) is 11.1 Å². The lowest BCUT2D eigenvalue weighted by Crippen LogP contribution is -2.45. The Morgan fingerprint density at radius 2 is 2.00 bits per heavy atom. The number of carbonyl (C=O) groups excluding carboxylic acids is 2. The van der Waals surface area contributed by atoms with Crippen molar-refractivity contribution in [3.8, 4) is 0 Å². The number of hydrogen-bond acceptors (Lipinski definition) is 4. The number of nitrogens with one attached hydrogen (secondary N) is 1. The van der Waals surface area contributed by atoms with E-state index in [1.165, 1.54) is 0 Å². The third-order valence-corrected chi connectivity index (χ3v) is 2.86. The van der Waals surface area contributed by atoms with Crippen LogP contribution in [-0.2, 0) is 9.53 Å². The minimum Gasteiger partial charge on any atom is -0.462 e. The molecule has 0 aliphatic carbocycles. The van der Waals surface area contributed by atoms with E-state index < -0.39 is 12.0 Å². The highest BCUT2D eigenvalue weighted by Crippen LogP contribution is 2.19. The first-order chi connectivity index (χ1) is 9.25. The average molecular weight is 278 g/mol. The SMILES string of the molecule is CCOC(=O)c1cccc(NC(=O)[C@@H](N)C(C)(C)C)c1. The van der Waals surface area contributed by atoms with Crippen LogP contribution in [-0.4, -0.2) is 24.5 Å². The standard InChI is InChI=1S/C15H22N2O3/c1-5-20-14(19)10-7-6-8-11(9-10)17-13(18)12(16)15(2,3)4/h6-9,12H,5,16H2,1-4H3,(H,17,18)/t12-/m1/s1. The zero-order valence-electron chi connectivity index (χ0n) is 12.4. The van der Waals surface area contributed by atoms with Gasteiger partial charge in [0.05, 0.1) is 18.2 Å². The molecular weight excluding hydrogens is 256 g/mol. The van der Waals surface area contributed by atoms with E-state index in [9.17, 15) is 9.59 Å². The van der Waals surface area contributed by atoms with Crippen molar-refractivity contribution in [2.45, 2.75) is 33.7 Å². The first-order valence-electron chi connectivity index (χ1n) is 6.59. The second-order valence-electron chi connectivity index (χ2n) is 5.63. The van der Waals surface area contributed by atoms with Crippen LogP contribution in [0.5, 0.6) is 0 Å². The fourth-order valence-corrected chi connectivity index (χ4v) is 1.55. The number of benzene rings is 1. The minimum atomic E-state index is -0.631. The highest BCUT2D eigenvalue weighted by atomic mass is 16.5. The number of nitrogens with two attached hydrogens (primary N) is 1. The van der Waals surface area contributed by atoms with Crippen LogP contribution in [0.2, 0.25) is 0 Å². The van der Waals surface area contributed by atoms with Crippen LogP contribution in [0.25, 0.3) is 0 Å². The Hall–Kier alpha value is -1.88.